The maximum Gasteiger partial charge on any atom is 0.306 e. The summed E-state index contributed by atoms with van der Waals surface area (Å²) < 4.78 is 4.95. The zero-order valence-electron chi connectivity index (χ0n) is 12.5. The van der Waals surface area contributed by atoms with Crippen LogP contribution in [0, 0.1) is 0 Å². The number of esters is 1. The smallest absolute Gasteiger partial charge is 0.306 e. The molecule has 1 aromatic heterocycles. The number of fused-ring (bicyclic) bond motifs is 1. The second-order valence-corrected chi connectivity index (χ2v) is 5.14. The lowest BCUT2D eigenvalue weighted by Gasteiger charge is -2.06. The number of benzene rings is 2. The van der Waals surface area contributed by atoms with Gasteiger partial charge >= 0.3 is 5.97 Å². The molecule has 0 amide bonds. The van der Waals surface area contributed by atoms with E-state index in [1.54, 1.807) is 0 Å². The first-order valence-corrected chi connectivity index (χ1v) is 7.45. The van der Waals surface area contributed by atoms with Crippen LogP contribution in [0.5, 0.6) is 0 Å². The average molecular weight is 294 g/mol. The summed E-state index contributed by atoms with van der Waals surface area (Å²) in [7, 11) is 0. The van der Waals surface area contributed by atoms with E-state index in [1.807, 2.05) is 25.3 Å². The molecule has 112 valence electrons. The molecule has 4 nitrogen and oxygen atoms in total. The van der Waals surface area contributed by atoms with Crippen LogP contribution in [-0.4, -0.2) is 22.8 Å². The molecular formula is C18H18N2O2. The lowest BCUT2D eigenvalue weighted by molar-refractivity contribution is -0.143. The second kappa shape index (κ2) is 6.43. The zero-order valence-corrected chi connectivity index (χ0v) is 12.5. The van der Waals surface area contributed by atoms with Crippen molar-refractivity contribution in [1.82, 2.24) is 10.2 Å². The molecule has 0 saturated carbocycles. The van der Waals surface area contributed by atoms with E-state index in [0.717, 1.165) is 27.6 Å². The number of nitrogens with one attached hydrogen (secondary N) is 1. The summed E-state index contributed by atoms with van der Waals surface area (Å²) in [5, 5.41) is 8.19. The van der Waals surface area contributed by atoms with E-state index < -0.39 is 0 Å². The Labute approximate surface area is 129 Å². The standard InChI is InChI=1S/C18H18N2O2/c1-2-22-18(21)11-8-13-6-9-14(10-7-13)15-4-3-5-17-16(15)12-19-20-17/h3-7,9-10,12H,2,8,11H2,1H3,(H,19,20). The van der Waals surface area contributed by atoms with E-state index in [2.05, 4.69) is 40.5 Å². The van der Waals surface area contributed by atoms with Crippen molar-refractivity contribution in [2.45, 2.75) is 19.8 Å². The number of aromatic amines is 1. The Morgan fingerprint density at radius 1 is 1.18 bits per heavy atom. The van der Waals surface area contributed by atoms with Gasteiger partial charge in [0.1, 0.15) is 0 Å². The van der Waals surface area contributed by atoms with E-state index in [-0.39, 0.29) is 5.97 Å². The van der Waals surface area contributed by atoms with Crippen molar-refractivity contribution in [3.8, 4) is 11.1 Å². The minimum absolute atomic E-state index is 0.144. The van der Waals surface area contributed by atoms with Crippen molar-refractivity contribution >= 4 is 16.9 Å². The van der Waals surface area contributed by atoms with Gasteiger partial charge in [0.15, 0.2) is 0 Å². The van der Waals surface area contributed by atoms with Crippen molar-refractivity contribution < 1.29 is 9.53 Å². The molecule has 0 unspecified atom stereocenters. The molecular weight excluding hydrogens is 276 g/mol. The predicted octanol–water partition coefficient (Wildman–Crippen LogP) is 3.73. The minimum Gasteiger partial charge on any atom is -0.466 e. The fraction of sp³-hybridized carbons (Fsp3) is 0.222. The van der Waals surface area contributed by atoms with Gasteiger partial charge in [-0.2, -0.15) is 5.10 Å². The first kappa shape index (κ1) is 14.3. The molecule has 4 heteroatoms. The SMILES string of the molecule is CCOC(=O)CCc1ccc(-c2cccc3[nH]ncc23)cc1. The molecule has 0 aliphatic carbocycles. The Bertz CT molecular complexity index is 775. The molecule has 3 aromatic rings. The Morgan fingerprint density at radius 2 is 2.00 bits per heavy atom. The van der Waals surface area contributed by atoms with Gasteiger partial charge in [0, 0.05) is 11.8 Å². The van der Waals surface area contributed by atoms with Crippen LogP contribution >= 0.6 is 0 Å². The number of rotatable bonds is 5. The first-order valence-electron chi connectivity index (χ1n) is 7.45. The molecule has 0 aliphatic heterocycles. The molecule has 1 heterocycles. The molecule has 1 N–H and O–H groups in total. The van der Waals surface area contributed by atoms with Gasteiger partial charge in [-0.25, -0.2) is 0 Å². The maximum atomic E-state index is 11.4. The van der Waals surface area contributed by atoms with Crippen LogP contribution in [0.15, 0.2) is 48.7 Å². The summed E-state index contributed by atoms with van der Waals surface area (Å²) in [4.78, 5) is 11.4. The van der Waals surface area contributed by atoms with Crippen molar-refractivity contribution in [3.63, 3.8) is 0 Å². The number of aromatic nitrogens is 2. The molecule has 0 fully saturated rings. The molecule has 0 atom stereocenters. The third-order valence-electron chi connectivity index (χ3n) is 3.67. The zero-order chi connectivity index (χ0) is 15.4. The Morgan fingerprint density at radius 3 is 2.77 bits per heavy atom. The van der Waals surface area contributed by atoms with Gasteiger partial charge < -0.3 is 4.74 Å². The molecule has 0 radical (unpaired) electrons. The van der Waals surface area contributed by atoms with E-state index in [4.69, 9.17) is 4.74 Å². The molecule has 0 aliphatic rings. The number of aryl methyl sites for hydroxylation is 1. The van der Waals surface area contributed by atoms with E-state index >= 15 is 0 Å². The summed E-state index contributed by atoms with van der Waals surface area (Å²) in [5.74, 6) is -0.144. The van der Waals surface area contributed by atoms with Crippen LogP contribution < -0.4 is 0 Å². The number of carbonyl (C=O) groups excluding carboxylic acids is 1. The topological polar surface area (TPSA) is 55.0 Å². The van der Waals surface area contributed by atoms with E-state index in [1.165, 1.54) is 0 Å². The van der Waals surface area contributed by atoms with Crippen LogP contribution in [0.1, 0.15) is 18.9 Å². The molecule has 0 bridgehead atoms. The highest BCUT2D eigenvalue weighted by atomic mass is 16.5. The van der Waals surface area contributed by atoms with E-state index in [9.17, 15) is 4.79 Å². The highest BCUT2D eigenvalue weighted by Crippen LogP contribution is 2.27. The first-order chi connectivity index (χ1) is 10.8. The number of ether oxygens (including phenoxy) is 1. The summed E-state index contributed by atoms with van der Waals surface area (Å²) in [5.41, 5.74) is 4.47. The number of hydrogen-bond donors (Lipinski definition) is 1. The fourth-order valence-corrected chi connectivity index (χ4v) is 2.55. The molecule has 2 aromatic carbocycles. The highest BCUT2D eigenvalue weighted by molar-refractivity contribution is 5.94. The third-order valence-corrected chi connectivity index (χ3v) is 3.67. The fourth-order valence-electron chi connectivity index (χ4n) is 2.55. The van der Waals surface area contributed by atoms with Gasteiger partial charge in [0.25, 0.3) is 0 Å². The third kappa shape index (κ3) is 3.01. The highest BCUT2D eigenvalue weighted by Gasteiger charge is 2.06. The molecule has 22 heavy (non-hydrogen) atoms. The largest absolute Gasteiger partial charge is 0.466 e. The molecule has 0 saturated heterocycles. The predicted molar refractivity (Wildman–Crippen MR) is 86.5 cm³/mol. The van der Waals surface area contributed by atoms with Crippen molar-refractivity contribution in [1.29, 1.82) is 0 Å². The number of carbonyl (C=O) groups is 1. The second-order valence-electron chi connectivity index (χ2n) is 5.14. The van der Waals surface area contributed by atoms with Gasteiger partial charge in [-0.3, -0.25) is 9.89 Å². The Balaban J connectivity index is 1.77. The summed E-state index contributed by atoms with van der Waals surface area (Å²) in [6, 6.07) is 14.4. The quantitative estimate of drug-likeness (QED) is 0.730. The van der Waals surface area contributed by atoms with Gasteiger partial charge in [-0.1, -0.05) is 36.4 Å². The number of nitrogens with zero attached hydrogens (tertiary/aromatic N) is 1. The monoisotopic (exact) mass is 294 g/mol. The molecule has 3 rings (SSSR count). The van der Waals surface area contributed by atoms with Gasteiger partial charge in [-0.05, 0) is 36.1 Å². The summed E-state index contributed by atoms with van der Waals surface area (Å²) in [6.45, 7) is 2.26. The average Bonchev–Trinajstić information content (AvgIpc) is 3.02. The van der Waals surface area contributed by atoms with Crippen LogP contribution in [0.2, 0.25) is 0 Å². The summed E-state index contributed by atoms with van der Waals surface area (Å²) >= 11 is 0. The minimum atomic E-state index is -0.144. The lowest BCUT2D eigenvalue weighted by Crippen LogP contribution is -2.05. The van der Waals surface area contributed by atoms with Crippen molar-refractivity contribution in [2.75, 3.05) is 6.61 Å². The lowest BCUT2D eigenvalue weighted by atomic mass is 9.99. The Hall–Kier alpha value is -2.62. The maximum absolute atomic E-state index is 11.4. The van der Waals surface area contributed by atoms with Crippen LogP contribution in [0.3, 0.4) is 0 Å². The van der Waals surface area contributed by atoms with Crippen molar-refractivity contribution in [3.05, 3.63) is 54.2 Å². The summed E-state index contributed by atoms with van der Waals surface area (Å²) in [6.07, 6.45) is 2.97. The van der Waals surface area contributed by atoms with Gasteiger partial charge in [0.2, 0.25) is 0 Å². The van der Waals surface area contributed by atoms with Crippen LogP contribution in [-0.2, 0) is 16.0 Å². The van der Waals surface area contributed by atoms with Gasteiger partial charge in [0.05, 0.1) is 18.3 Å². The van der Waals surface area contributed by atoms with Crippen molar-refractivity contribution in [2.24, 2.45) is 0 Å². The number of hydrogen-bond acceptors (Lipinski definition) is 3. The van der Waals surface area contributed by atoms with Gasteiger partial charge in [-0.15, -0.1) is 0 Å². The van der Waals surface area contributed by atoms with Crippen LogP contribution in [0.4, 0.5) is 0 Å². The molecule has 0 spiro atoms. The normalized spacial score (nSPS) is 10.8. The van der Waals surface area contributed by atoms with E-state index in [0.29, 0.717) is 19.4 Å². The van der Waals surface area contributed by atoms with Crippen LogP contribution in [0.25, 0.3) is 22.0 Å². The Kier molecular flexibility index (Phi) is 4.19. The number of H-pyrrole nitrogens is 1.